The van der Waals surface area contributed by atoms with Crippen LogP contribution >= 0.6 is 0 Å². The van der Waals surface area contributed by atoms with Crippen LogP contribution in [0.25, 0.3) is 0 Å². The van der Waals surface area contributed by atoms with Crippen LogP contribution in [0, 0.1) is 18.6 Å². The lowest BCUT2D eigenvalue weighted by Crippen LogP contribution is -2.17. The average molecular weight is 358 g/mol. The molecule has 0 aliphatic carbocycles. The van der Waals surface area contributed by atoms with Gasteiger partial charge < -0.3 is 11.1 Å². The van der Waals surface area contributed by atoms with E-state index in [-0.39, 0.29) is 16.8 Å². The number of alkyl halides is 3. The fourth-order valence-corrected chi connectivity index (χ4v) is 2.03. The summed E-state index contributed by atoms with van der Waals surface area (Å²) in [7, 11) is 0. The van der Waals surface area contributed by atoms with E-state index in [2.05, 4.69) is 5.32 Å². The van der Waals surface area contributed by atoms with Crippen molar-refractivity contribution in [2.75, 3.05) is 5.32 Å². The summed E-state index contributed by atoms with van der Waals surface area (Å²) in [5.74, 6) is -4.34. The number of anilines is 1. The van der Waals surface area contributed by atoms with Crippen LogP contribution in [0.4, 0.5) is 27.6 Å². The molecule has 0 bridgehead atoms. The van der Waals surface area contributed by atoms with E-state index in [1.54, 1.807) is 0 Å². The first-order chi connectivity index (χ1) is 11.5. The van der Waals surface area contributed by atoms with Crippen molar-refractivity contribution < 1.29 is 31.5 Å². The van der Waals surface area contributed by atoms with Crippen molar-refractivity contribution in [1.82, 2.24) is 0 Å². The van der Waals surface area contributed by atoms with Crippen LogP contribution in [0.5, 0.6) is 0 Å². The van der Waals surface area contributed by atoms with Crippen molar-refractivity contribution in [3.05, 3.63) is 64.2 Å². The minimum Gasteiger partial charge on any atom is -0.366 e. The number of amides is 2. The second-order valence-electron chi connectivity index (χ2n) is 5.14. The van der Waals surface area contributed by atoms with Gasteiger partial charge in [-0.25, -0.2) is 8.78 Å². The number of hydrogen-bond acceptors (Lipinski definition) is 2. The van der Waals surface area contributed by atoms with Gasteiger partial charge in [-0.15, -0.1) is 0 Å². The van der Waals surface area contributed by atoms with Crippen molar-refractivity contribution in [2.45, 2.75) is 13.1 Å². The zero-order chi connectivity index (χ0) is 18.9. The van der Waals surface area contributed by atoms with Gasteiger partial charge in [0.05, 0.1) is 5.56 Å². The van der Waals surface area contributed by atoms with Crippen LogP contribution in [0.3, 0.4) is 0 Å². The Kier molecular flexibility index (Phi) is 4.78. The number of nitrogens with one attached hydrogen (secondary N) is 1. The molecular formula is C16H11F5N2O2. The van der Waals surface area contributed by atoms with Crippen molar-refractivity contribution in [3.8, 4) is 0 Å². The minimum absolute atomic E-state index is 0.0449. The molecule has 0 heterocycles. The Hall–Kier alpha value is -2.97. The van der Waals surface area contributed by atoms with Gasteiger partial charge in [0.1, 0.15) is 11.6 Å². The average Bonchev–Trinajstić information content (AvgIpc) is 2.50. The van der Waals surface area contributed by atoms with Gasteiger partial charge in [-0.1, -0.05) is 0 Å². The second kappa shape index (κ2) is 6.50. The van der Waals surface area contributed by atoms with Gasteiger partial charge in [-0.3, -0.25) is 9.59 Å². The van der Waals surface area contributed by atoms with Crippen LogP contribution in [-0.2, 0) is 6.18 Å². The molecule has 0 unspecified atom stereocenters. The largest absolute Gasteiger partial charge is 0.419 e. The molecule has 0 saturated heterocycles. The molecule has 0 radical (unpaired) electrons. The molecule has 4 nitrogen and oxygen atoms in total. The first-order valence-corrected chi connectivity index (χ1v) is 6.78. The Morgan fingerprint density at radius 2 is 1.64 bits per heavy atom. The quantitative estimate of drug-likeness (QED) is 0.823. The molecule has 0 aromatic heterocycles. The molecule has 0 fully saturated rings. The van der Waals surface area contributed by atoms with Crippen molar-refractivity contribution in [1.29, 1.82) is 0 Å². The molecule has 2 amide bonds. The highest BCUT2D eigenvalue weighted by Gasteiger charge is 2.34. The molecule has 3 N–H and O–H groups in total. The molecule has 2 aromatic rings. The Bertz CT molecular complexity index is 862. The monoisotopic (exact) mass is 358 g/mol. The Morgan fingerprint density at radius 1 is 1.00 bits per heavy atom. The minimum atomic E-state index is -4.98. The Labute approximate surface area is 138 Å². The Balaban J connectivity index is 2.40. The van der Waals surface area contributed by atoms with Crippen molar-refractivity contribution in [3.63, 3.8) is 0 Å². The smallest absolute Gasteiger partial charge is 0.366 e. The third-order valence-corrected chi connectivity index (χ3v) is 3.41. The predicted molar refractivity (Wildman–Crippen MR) is 79.0 cm³/mol. The number of halogens is 5. The summed E-state index contributed by atoms with van der Waals surface area (Å²) in [6, 6.07) is 3.66. The molecule has 2 rings (SSSR count). The molecule has 0 aliphatic heterocycles. The van der Waals surface area contributed by atoms with Gasteiger partial charge in [0.15, 0.2) is 0 Å². The maximum absolute atomic E-state index is 13.8. The van der Waals surface area contributed by atoms with Crippen molar-refractivity contribution >= 4 is 17.5 Å². The van der Waals surface area contributed by atoms with E-state index in [0.29, 0.717) is 12.1 Å². The van der Waals surface area contributed by atoms with E-state index < -0.39 is 40.8 Å². The molecular weight excluding hydrogens is 347 g/mol. The van der Waals surface area contributed by atoms with Crippen molar-refractivity contribution in [2.24, 2.45) is 5.73 Å². The summed E-state index contributed by atoms with van der Waals surface area (Å²) in [5.41, 5.74) is 2.54. The number of primary amides is 1. The third-order valence-electron chi connectivity index (χ3n) is 3.41. The third kappa shape index (κ3) is 3.93. The second-order valence-corrected chi connectivity index (χ2v) is 5.14. The number of carbonyl (C=O) groups excluding carboxylic acids is 2. The Morgan fingerprint density at radius 3 is 2.20 bits per heavy atom. The van der Waals surface area contributed by atoms with E-state index in [1.807, 2.05) is 0 Å². The molecule has 0 spiro atoms. The molecule has 0 saturated carbocycles. The van der Waals surface area contributed by atoms with Gasteiger partial charge in [0.2, 0.25) is 5.91 Å². The summed E-state index contributed by atoms with van der Waals surface area (Å²) in [6.45, 7) is 1.29. The highest BCUT2D eigenvalue weighted by Crippen LogP contribution is 2.32. The maximum Gasteiger partial charge on any atom is 0.419 e. The molecule has 2 aromatic carbocycles. The molecule has 0 atom stereocenters. The topological polar surface area (TPSA) is 72.2 Å². The normalized spacial score (nSPS) is 11.3. The first kappa shape index (κ1) is 18.4. The number of nitrogens with two attached hydrogens (primary N) is 1. The van der Waals surface area contributed by atoms with E-state index in [0.717, 1.165) is 18.2 Å². The highest BCUT2D eigenvalue weighted by atomic mass is 19.4. The maximum atomic E-state index is 13.8. The van der Waals surface area contributed by atoms with E-state index in [4.69, 9.17) is 5.73 Å². The van der Waals surface area contributed by atoms with Crippen LogP contribution in [-0.4, -0.2) is 11.8 Å². The van der Waals surface area contributed by atoms with Gasteiger partial charge in [0, 0.05) is 22.4 Å². The first-order valence-electron chi connectivity index (χ1n) is 6.78. The van der Waals surface area contributed by atoms with Crippen LogP contribution in [0.2, 0.25) is 0 Å². The van der Waals surface area contributed by atoms with E-state index in [9.17, 15) is 31.5 Å². The lowest BCUT2D eigenvalue weighted by atomic mass is 10.1. The number of hydrogen-bond donors (Lipinski definition) is 2. The van der Waals surface area contributed by atoms with Crippen LogP contribution in [0.1, 0.15) is 31.8 Å². The zero-order valence-corrected chi connectivity index (χ0v) is 12.7. The molecule has 25 heavy (non-hydrogen) atoms. The summed E-state index contributed by atoms with van der Waals surface area (Å²) < 4.78 is 65.1. The number of benzene rings is 2. The molecule has 9 heteroatoms. The van der Waals surface area contributed by atoms with E-state index >= 15 is 0 Å². The van der Waals surface area contributed by atoms with Crippen LogP contribution in [0.15, 0.2) is 30.3 Å². The standard InChI is InChI=1S/C16H11F5N2O2/c1-7-12(18)5-9(14(22)24)6-13(7)23-15(25)8-2-3-11(17)10(4-8)16(19,20)21/h2-6H,1H3,(H2,22,24)(H,23,25). The molecule has 132 valence electrons. The van der Waals surface area contributed by atoms with Gasteiger partial charge in [-0.2, -0.15) is 13.2 Å². The summed E-state index contributed by atoms with van der Waals surface area (Å²) in [5, 5.41) is 2.18. The number of rotatable bonds is 3. The SMILES string of the molecule is Cc1c(F)cc(C(N)=O)cc1NC(=O)c1ccc(F)c(C(F)(F)F)c1. The summed E-state index contributed by atoms with van der Waals surface area (Å²) >= 11 is 0. The summed E-state index contributed by atoms with van der Waals surface area (Å²) in [4.78, 5) is 23.3. The number of carbonyl (C=O) groups is 2. The summed E-state index contributed by atoms with van der Waals surface area (Å²) in [6.07, 6.45) is -4.98. The van der Waals surface area contributed by atoms with Crippen LogP contribution < -0.4 is 11.1 Å². The van der Waals surface area contributed by atoms with Gasteiger partial charge in [0.25, 0.3) is 5.91 Å². The zero-order valence-electron chi connectivity index (χ0n) is 12.7. The highest BCUT2D eigenvalue weighted by molar-refractivity contribution is 6.05. The lowest BCUT2D eigenvalue weighted by molar-refractivity contribution is -0.140. The lowest BCUT2D eigenvalue weighted by Gasteiger charge is -2.13. The predicted octanol–water partition coefficient (Wildman–Crippen LogP) is 3.64. The van der Waals surface area contributed by atoms with Gasteiger partial charge in [-0.05, 0) is 37.3 Å². The molecule has 0 aliphatic rings. The fraction of sp³-hybridized carbons (Fsp3) is 0.125. The van der Waals surface area contributed by atoms with E-state index in [1.165, 1.54) is 6.92 Å². The van der Waals surface area contributed by atoms with Gasteiger partial charge >= 0.3 is 6.18 Å². The fourth-order valence-electron chi connectivity index (χ4n) is 2.03.